The Kier molecular flexibility index (Phi) is 3.98. The lowest BCUT2D eigenvalue weighted by Gasteiger charge is -2.13. The third-order valence-electron chi connectivity index (χ3n) is 2.18. The molecule has 0 saturated carbocycles. The van der Waals surface area contributed by atoms with Crippen molar-refractivity contribution in [1.29, 1.82) is 0 Å². The fraction of sp³-hybridized carbons (Fsp3) is 0.400. The molecule has 16 heavy (non-hydrogen) atoms. The first-order valence-electron chi connectivity index (χ1n) is 4.62. The van der Waals surface area contributed by atoms with Gasteiger partial charge in [-0.3, -0.25) is 4.55 Å². The van der Waals surface area contributed by atoms with Crippen molar-refractivity contribution in [2.45, 2.75) is 24.7 Å². The molecule has 0 amide bonds. The standard InChI is InChI=1S/C10H13BrO4S/c1-6(2)7-4-9(15-3)10(5-8(7)11)16(12,13)14/h4-6H,1-3H3,(H,12,13,14). The van der Waals surface area contributed by atoms with Gasteiger partial charge in [0.1, 0.15) is 10.6 Å². The van der Waals surface area contributed by atoms with Gasteiger partial charge in [-0.1, -0.05) is 29.8 Å². The first-order chi connectivity index (χ1) is 7.27. The monoisotopic (exact) mass is 308 g/mol. The molecular weight excluding hydrogens is 296 g/mol. The van der Waals surface area contributed by atoms with Crippen molar-refractivity contribution in [2.24, 2.45) is 0 Å². The fourth-order valence-corrected chi connectivity index (χ4v) is 2.97. The van der Waals surface area contributed by atoms with Gasteiger partial charge in [-0.25, -0.2) is 0 Å². The summed E-state index contributed by atoms with van der Waals surface area (Å²) in [4.78, 5) is -0.230. The molecule has 0 radical (unpaired) electrons. The van der Waals surface area contributed by atoms with E-state index in [1.54, 1.807) is 6.07 Å². The molecule has 0 aromatic heterocycles. The Labute approximate surface area is 104 Å². The number of benzene rings is 1. The summed E-state index contributed by atoms with van der Waals surface area (Å²) in [6.45, 7) is 3.96. The van der Waals surface area contributed by atoms with Crippen LogP contribution in [0, 0.1) is 0 Å². The number of hydrogen-bond acceptors (Lipinski definition) is 3. The van der Waals surface area contributed by atoms with Crippen LogP contribution in [-0.4, -0.2) is 20.1 Å². The van der Waals surface area contributed by atoms with E-state index in [1.165, 1.54) is 13.2 Å². The van der Waals surface area contributed by atoms with E-state index >= 15 is 0 Å². The molecule has 0 unspecified atom stereocenters. The molecule has 1 rings (SSSR count). The highest BCUT2D eigenvalue weighted by Crippen LogP contribution is 2.34. The number of methoxy groups -OCH3 is 1. The molecule has 1 N–H and O–H groups in total. The Bertz CT molecular complexity index is 494. The van der Waals surface area contributed by atoms with Crippen molar-refractivity contribution in [2.75, 3.05) is 7.11 Å². The minimum absolute atomic E-state index is 0.148. The van der Waals surface area contributed by atoms with E-state index in [0.29, 0.717) is 4.47 Å². The average Bonchev–Trinajstić information content (AvgIpc) is 2.15. The van der Waals surface area contributed by atoms with Crippen LogP contribution in [0.3, 0.4) is 0 Å². The zero-order valence-corrected chi connectivity index (χ0v) is 11.6. The summed E-state index contributed by atoms with van der Waals surface area (Å²) in [5, 5.41) is 0. The molecule has 0 aliphatic heterocycles. The van der Waals surface area contributed by atoms with Crippen LogP contribution in [0.25, 0.3) is 0 Å². The lowest BCUT2D eigenvalue weighted by molar-refractivity contribution is 0.396. The summed E-state index contributed by atoms with van der Waals surface area (Å²) < 4.78 is 36.8. The largest absolute Gasteiger partial charge is 0.495 e. The minimum atomic E-state index is -4.27. The van der Waals surface area contributed by atoms with Crippen molar-refractivity contribution in [3.63, 3.8) is 0 Å². The molecule has 0 saturated heterocycles. The van der Waals surface area contributed by atoms with Gasteiger partial charge in [0.05, 0.1) is 7.11 Å². The Morgan fingerprint density at radius 2 is 1.94 bits per heavy atom. The van der Waals surface area contributed by atoms with Crippen molar-refractivity contribution in [3.05, 3.63) is 22.2 Å². The highest BCUT2D eigenvalue weighted by atomic mass is 79.9. The van der Waals surface area contributed by atoms with E-state index in [9.17, 15) is 8.42 Å². The summed E-state index contributed by atoms with van der Waals surface area (Å²) in [6.07, 6.45) is 0. The number of hydrogen-bond donors (Lipinski definition) is 1. The quantitative estimate of drug-likeness (QED) is 0.872. The predicted octanol–water partition coefficient (Wildman–Crippen LogP) is 2.83. The molecule has 0 aliphatic rings. The van der Waals surface area contributed by atoms with Crippen LogP contribution in [0.2, 0.25) is 0 Å². The van der Waals surface area contributed by atoms with Crippen LogP contribution >= 0.6 is 15.9 Å². The molecule has 0 aliphatic carbocycles. The molecule has 1 aromatic rings. The highest BCUT2D eigenvalue weighted by Gasteiger charge is 2.19. The Balaban J connectivity index is 3.51. The molecule has 0 atom stereocenters. The first kappa shape index (κ1) is 13.5. The highest BCUT2D eigenvalue weighted by molar-refractivity contribution is 9.10. The smallest absolute Gasteiger partial charge is 0.298 e. The van der Waals surface area contributed by atoms with Crippen LogP contribution in [0.15, 0.2) is 21.5 Å². The van der Waals surface area contributed by atoms with Gasteiger partial charge in [-0.2, -0.15) is 8.42 Å². The number of ether oxygens (including phenoxy) is 1. The topological polar surface area (TPSA) is 63.6 Å². The van der Waals surface area contributed by atoms with E-state index in [1.807, 2.05) is 13.8 Å². The Morgan fingerprint density at radius 1 is 1.38 bits per heavy atom. The third kappa shape index (κ3) is 2.75. The van der Waals surface area contributed by atoms with E-state index in [2.05, 4.69) is 15.9 Å². The number of rotatable bonds is 3. The minimum Gasteiger partial charge on any atom is -0.495 e. The second-order valence-corrected chi connectivity index (χ2v) is 5.90. The molecular formula is C10H13BrO4S. The van der Waals surface area contributed by atoms with Gasteiger partial charge < -0.3 is 4.74 Å². The second kappa shape index (κ2) is 4.73. The molecule has 4 nitrogen and oxygen atoms in total. The van der Waals surface area contributed by atoms with Crippen molar-refractivity contribution in [1.82, 2.24) is 0 Å². The summed E-state index contributed by atoms with van der Waals surface area (Å²) in [5.41, 5.74) is 0.921. The maximum atomic E-state index is 11.1. The zero-order chi connectivity index (χ0) is 12.5. The van der Waals surface area contributed by atoms with Crippen molar-refractivity contribution < 1.29 is 17.7 Å². The molecule has 1 aromatic carbocycles. The SMILES string of the molecule is COc1cc(C(C)C)c(Br)cc1S(=O)(=O)O. The first-order valence-corrected chi connectivity index (χ1v) is 6.85. The van der Waals surface area contributed by atoms with E-state index in [4.69, 9.17) is 9.29 Å². The second-order valence-electron chi connectivity index (χ2n) is 3.65. The third-order valence-corrected chi connectivity index (χ3v) is 3.74. The average molecular weight is 309 g/mol. The van der Waals surface area contributed by atoms with Crippen LogP contribution in [-0.2, 0) is 10.1 Å². The molecule has 6 heteroatoms. The lowest BCUT2D eigenvalue weighted by Crippen LogP contribution is -2.03. The zero-order valence-electron chi connectivity index (χ0n) is 9.19. The van der Waals surface area contributed by atoms with Gasteiger partial charge in [-0.15, -0.1) is 0 Å². The van der Waals surface area contributed by atoms with E-state index in [-0.39, 0.29) is 16.6 Å². The molecule has 90 valence electrons. The maximum absolute atomic E-state index is 11.1. The molecule has 0 bridgehead atoms. The van der Waals surface area contributed by atoms with Gasteiger partial charge >= 0.3 is 0 Å². The van der Waals surface area contributed by atoms with Crippen LogP contribution < -0.4 is 4.74 Å². The molecule has 0 spiro atoms. The van der Waals surface area contributed by atoms with Gasteiger partial charge in [0, 0.05) is 4.47 Å². The van der Waals surface area contributed by atoms with Crippen LogP contribution in [0.5, 0.6) is 5.75 Å². The van der Waals surface area contributed by atoms with Gasteiger partial charge in [-0.05, 0) is 23.6 Å². The van der Waals surface area contributed by atoms with Gasteiger partial charge in [0.2, 0.25) is 0 Å². The van der Waals surface area contributed by atoms with Crippen LogP contribution in [0.4, 0.5) is 0 Å². The maximum Gasteiger partial charge on any atom is 0.298 e. The van der Waals surface area contributed by atoms with Gasteiger partial charge in [0.25, 0.3) is 10.1 Å². The van der Waals surface area contributed by atoms with Crippen molar-refractivity contribution in [3.8, 4) is 5.75 Å². The summed E-state index contributed by atoms with van der Waals surface area (Å²) in [7, 11) is -2.90. The van der Waals surface area contributed by atoms with E-state index in [0.717, 1.165) is 5.56 Å². The normalized spacial score (nSPS) is 11.9. The number of halogens is 1. The van der Waals surface area contributed by atoms with Crippen molar-refractivity contribution >= 4 is 26.0 Å². The molecule has 0 fully saturated rings. The Hall–Kier alpha value is -0.590. The van der Waals surface area contributed by atoms with E-state index < -0.39 is 10.1 Å². The van der Waals surface area contributed by atoms with Gasteiger partial charge in [0.15, 0.2) is 0 Å². The fourth-order valence-electron chi connectivity index (χ4n) is 1.35. The Morgan fingerprint density at radius 3 is 2.31 bits per heavy atom. The summed E-state index contributed by atoms with van der Waals surface area (Å²) in [5.74, 6) is 0.369. The summed E-state index contributed by atoms with van der Waals surface area (Å²) in [6, 6.07) is 2.96. The summed E-state index contributed by atoms with van der Waals surface area (Å²) >= 11 is 3.27. The molecule has 0 heterocycles. The van der Waals surface area contributed by atoms with Crippen LogP contribution in [0.1, 0.15) is 25.3 Å². The predicted molar refractivity (Wildman–Crippen MR) is 64.6 cm³/mol. The lowest BCUT2D eigenvalue weighted by atomic mass is 10.0.